The average molecular weight is 246 g/mol. The molecule has 0 aliphatic heterocycles. The molecule has 0 spiro atoms. The van der Waals surface area contributed by atoms with Crippen LogP contribution in [0.2, 0.25) is 0 Å². The molecule has 0 radical (unpaired) electrons. The molecular weight excluding hydrogens is 224 g/mol. The molecule has 0 unspecified atom stereocenters. The van der Waals surface area contributed by atoms with Crippen LogP contribution >= 0.6 is 0 Å². The van der Waals surface area contributed by atoms with Crippen molar-refractivity contribution in [2.45, 2.75) is 32.2 Å². The van der Waals surface area contributed by atoms with E-state index in [1.165, 1.54) is 24.0 Å². The third kappa shape index (κ3) is 3.57. The molecule has 2 rings (SSSR count). The normalized spacial score (nSPS) is 14.6. The van der Waals surface area contributed by atoms with E-state index in [2.05, 4.69) is 29.6 Å². The van der Waals surface area contributed by atoms with Gasteiger partial charge in [0.1, 0.15) is 0 Å². The zero-order valence-corrected chi connectivity index (χ0v) is 11.3. The van der Waals surface area contributed by atoms with E-state index >= 15 is 0 Å². The highest BCUT2D eigenvalue weighted by atomic mass is 16.2. The SMILES string of the molecule is CCN(C)C(=O)CNCc1cccc(C2CC2)c1. The van der Waals surface area contributed by atoms with Crippen LogP contribution in [-0.4, -0.2) is 30.9 Å². The summed E-state index contributed by atoms with van der Waals surface area (Å²) in [6.07, 6.45) is 2.66. The maximum absolute atomic E-state index is 11.6. The largest absolute Gasteiger partial charge is 0.345 e. The minimum absolute atomic E-state index is 0.149. The van der Waals surface area contributed by atoms with E-state index in [1.54, 1.807) is 4.90 Å². The highest BCUT2D eigenvalue weighted by Crippen LogP contribution is 2.40. The number of carbonyl (C=O) groups is 1. The van der Waals surface area contributed by atoms with Crippen LogP contribution in [0.15, 0.2) is 24.3 Å². The molecule has 0 saturated heterocycles. The second-order valence-corrected chi connectivity index (χ2v) is 5.03. The lowest BCUT2D eigenvalue weighted by atomic mass is 10.1. The second-order valence-electron chi connectivity index (χ2n) is 5.03. The van der Waals surface area contributed by atoms with Crippen molar-refractivity contribution < 1.29 is 4.79 Å². The first-order valence-corrected chi connectivity index (χ1v) is 6.74. The number of nitrogens with one attached hydrogen (secondary N) is 1. The summed E-state index contributed by atoms with van der Waals surface area (Å²) in [7, 11) is 1.83. The first-order valence-electron chi connectivity index (χ1n) is 6.74. The second kappa shape index (κ2) is 6.01. The van der Waals surface area contributed by atoms with Crippen LogP contribution in [0.1, 0.15) is 36.8 Å². The van der Waals surface area contributed by atoms with Crippen molar-refractivity contribution in [3.8, 4) is 0 Å². The van der Waals surface area contributed by atoms with Gasteiger partial charge in [0.05, 0.1) is 6.54 Å². The molecule has 1 aliphatic rings. The van der Waals surface area contributed by atoms with Gasteiger partial charge in [0.15, 0.2) is 0 Å². The Hall–Kier alpha value is -1.35. The predicted molar refractivity (Wildman–Crippen MR) is 73.4 cm³/mol. The van der Waals surface area contributed by atoms with E-state index in [1.807, 2.05) is 14.0 Å². The van der Waals surface area contributed by atoms with Gasteiger partial charge in [-0.15, -0.1) is 0 Å². The molecule has 3 heteroatoms. The van der Waals surface area contributed by atoms with Crippen molar-refractivity contribution in [3.63, 3.8) is 0 Å². The molecule has 1 fully saturated rings. The zero-order valence-electron chi connectivity index (χ0n) is 11.3. The van der Waals surface area contributed by atoms with E-state index in [-0.39, 0.29) is 5.91 Å². The molecular formula is C15H22N2O. The number of benzene rings is 1. The van der Waals surface area contributed by atoms with Gasteiger partial charge in [0.2, 0.25) is 5.91 Å². The van der Waals surface area contributed by atoms with Crippen LogP contribution < -0.4 is 5.32 Å². The van der Waals surface area contributed by atoms with E-state index < -0.39 is 0 Å². The third-order valence-electron chi connectivity index (χ3n) is 3.51. The summed E-state index contributed by atoms with van der Waals surface area (Å²) < 4.78 is 0. The number of likely N-dealkylation sites (N-methyl/N-ethyl adjacent to an activating group) is 1. The van der Waals surface area contributed by atoms with Crippen molar-refractivity contribution in [2.75, 3.05) is 20.1 Å². The number of hydrogen-bond donors (Lipinski definition) is 1. The standard InChI is InChI=1S/C15H22N2O/c1-3-17(2)15(18)11-16-10-12-5-4-6-14(9-12)13-7-8-13/h4-6,9,13,16H,3,7-8,10-11H2,1-2H3. The fourth-order valence-corrected chi connectivity index (χ4v) is 2.00. The molecule has 18 heavy (non-hydrogen) atoms. The van der Waals surface area contributed by atoms with Gasteiger partial charge in [-0.25, -0.2) is 0 Å². The molecule has 0 bridgehead atoms. The van der Waals surface area contributed by atoms with E-state index in [0.717, 1.165) is 19.0 Å². The van der Waals surface area contributed by atoms with Gasteiger partial charge < -0.3 is 10.2 Å². The van der Waals surface area contributed by atoms with Gasteiger partial charge >= 0.3 is 0 Å². The van der Waals surface area contributed by atoms with E-state index in [9.17, 15) is 4.79 Å². The number of nitrogens with zero attached hydrogens (tertiary/aromatic N) is 1. The average Bonchev–Trinajstić information content (AvgIpc) is 3.22. The third-order valence-corrected chi connectivity index (χ3v) is 3.51. The molecule has 0 heterocycles. The molecule has 98 valence electrons. The van der Waals surface area contributed by atoms with Crippen LogP contribution in [0.25, 0.3) is 0 Å². The topological polar surface area (TPSA) is 32.3 Å². The summed E-state index contributed by atoms with van der Waals surface area (Å²) in [5.41, 5.74) is 2.72. The maximum Gasteiger partial charge on any atom is 0.236 e. The number of hydrogen-bond acceptors (Lipinski definition) is 2. The lowest BCUT2D eigenvalue weighted by molar-refractivity contribution is -0.128. The number of rotatable bonds is 6. The summed E-state index contributed by atoms with van der Waals surface area (Å²) in [5, 5.41) is 3.21. The molecule has 1 aromatic rings. The van der Waals surface area contributed by atoms with E-state index in [0.29, 0.717) is 6.54 Å². The first kappa shape index (κ1) is 13.1. The van der Waals surface area contributed by atoms with Gasteiger partial charge in [0.25, 0.3) is 0 Å². The van der Waals surface area contributed by atoms with Crippen LogP contribution in [0.3, 0.4) is 0 Å². The number of amides is 1. The Bertz CT molecular complexity index is 413. The molecule has 1 saturated carbocycles. The van der Waals surface area contributed by atoms with Crippen molar-refractivity contribution in [1.82, 2.24) is 10.2 Å². The Morgan fingerprint density at radius 3 is 2.89 bits per heavy atom. The quantitative estimate of drug-likeness (QED) is 0.834. The minimum Gasteiger partial charge on any atom is -0.345 e. The van der Waals surface area contributed by atoms with Crippen molar-refractivity contribution in [2.24, 2.45) is 0 Å². The Kier molecular flexibility index (Phi) is 4.37. The molecule has 0 aromatic heterocycles. The fraction of sp³-hybridized carbons (Fsp3) is 0.533. The van der Waals surface area contributed by atoms with Crippen LogP contribution in [0.5, 0.6) is 0 Å². The Labute approximate surface area is 109 Å². The molecule has 1 aromatic carbocycles. The van der Waals surface area contributed by atoms with Crippen molar-refractivity contribution in [3.05, 3.63) is 35.4 Å². The monoisotopic (exact) mass is 246 g/mol. The highest BCUT2D eigenvalue weighted by Gasteiger charge is 2.23. The van der Waals surface area contributed by atoms with Crippen molar-refractivity contribution in [1.29, 1.82) is 0 Å². The minimum atomic E-state index is 0.149. The molecule has 3 nitrogen and oxygen atoms in total. The smallest absolute Gasteiger partial charge is 0.236 e. The van der Waals surface area contributed by atoms with Gasteiger partial charge in [-0.3, -0.25) is 4.79 Å². The van der Waals surface area contributed by atoms with Crippen molar-refractivity contribution >= 4 is 5.91 Å². The predicted octanol–water partition coefficient (Wildman–Crippen LogP) is 2.13. The first-order chi connectivity index (χ1) is 8.70. The molecule has 1 N–H and O–H groups in total. The van der Waals surface area contributed by atoms with E-state index in [4.69, 9.17) is 0 Å². The fourth-order valence-electron chi connectivity index (χ4n) is 2.00. The molecule has 1 amide bonds. The summed E-state index contributed by atoms with van der Waals surface area (Å²) in [5.74, 6) is 0.939. The summed E-state index contributed by atoms with van der Waals surface area (Å²) >= 11 is 0. The molecule has 1 aliphatic carbocycles. The van der Waals surface area contributed by atoms with Gasteiger partial charge in [0, 0.05) is 20.1 Å². The van der Waals surface area contributed by atoms with Crippen LogP contribution in [0, 0.1) is 0 Å². The molecule has 0 atom stereocenters. The Morgan fingerprint density at radius 1 is 1.44 bits per heavy atom. The van der Waals surface area contributed by atoms with Crippen LogP contribution in [-0.2, 0) is 11.3 Å². The maximum atomic E-state index is 11.6. The lowest BCUT2D eigenvalue weighted by Gasteiger charge is -2.14. The Morgan fingerprint density at radius 2 is 2.22 bits per heavy atom. The summed E-state index contributed by atoms with van der Waals surface area (Å²) in [4.78, 5) is 13.3. The zero-order chi connectivity index (χ0) is 13.0. The summed E-state index contributed by atoms with van der Waals surface area (Å²) in [6.45, 7) is 3.93. The Balaban J connectivity index is 1.79. The van der Waals surface area contributed by atoms with Gasteiger partial charge in [-0.05, 0) is 36.8 Å². The number of carbonyl (C=O) groups excluding carboxylic acids is 1. The van der Waals surface area contributed by atoms with Gasteiger partial charge in [-0.2, -0.15) is 0 Å². The highest BCUT2D eigenvalue weighted by molar-refractivity contribution is 5.77. The van der Waals surface area contributed by atoms with Crippen LogP contribution in [0.4, 0.5) is 0 Å². The lowest BCUT2D eigenvalue weighted by Crippen LogP contribution is -2.35. The van der Waals surface area contributed by atoms with Gasteiger partial charge in [-0.1, -0.05) is 24.3 Å². The summed E-state index contributed by atoms with van der Waals surface area (Å²) in [6, 6.07) is 8.70.